The third kappa shape index (κ3) is 17.7. The minimum Gasteiger partial charge on any atom is -0.400 e. The summed E-state index contributed by atoms with van der Waals surface area (Å²) in [6.45, 7) is 19.7. The van der Waals surface area contributed by atoms with E-state index in [0.717, 1.165) is 74.7 Å². The summed E-state index contributed by atoms with van der Waals surface area (Å²) in [5.74, 6) is -1.82. The van der Waals surface area contributed by atoms with E-state index in [1.165, 1.54) is 114 Å². The van der Waals surface area contributed by atoms with E-state index in [1.54, 1.807) is 12.4 Å². The van der Waals surface area contributed by atoms with Crippen LogP contribution in [0, 0.1) is 6.07 Å². The zero-order valence-electron chi connectivity index (χ0n) is 70.6. The van der Waals surface area contributed by atoms with E-state index < -0.39 is 33.3 Å². The average Bonchev–Trinajstić information content (AvgIpc) is 1.56. The van der Waals surface area contributed by atoms with Gasteiger partial charge in [-0.15, -0.1) is 35.9 Å². The molecule has 1 aliphatic rings. The molecule has 0 atom stereocenters. The molecule has 20 aromatic rings. The number of rotatable bonds is 7. The quantitative estimate of drug-likeness (QED) is 0.0455. The molecule has 0 saturated carbocycles. The number of pyridine rings is 4. The van der Waals surface area contributed by atoms with Crippen LogP contribution in [0.3, 0.4) is 0 Å². The number of aliphatic hydroxyl groups excluding tert-OH is 2. The molecule has 21 rings (SSSR count). The summed E-state index contributed by atoms with van der Waals surface area (Å²) in [7, 11) is -4.18. The van der Waals surface area contributed by atoms with Crippen LogP contribution >= 0.6 is 15.9 Å². The van der Waals surface area contributed by atoms with Crippen molar-refractivity contribution in [2.24, 2.45) is 0 Å². The first-order valence-electron chi connectivity index (χ1n) is 39.9. The van der Waals surface area contributed by atoms with Crippen LogP contribution in [0.25, 0.3) is 148 Å². The van der Waals surface area contributed by atoms with Crippen molar-refractivity contribution < 1.29 is 69.9 Å². The van der Waals surface area contributed by atoms with Crippen molar-refractivity contribution in [1.82, 2.24) is 33.1 Å². The van der Waals surface area contributed by atoms with Gasteiger partial charge in [0.1, 0.15) is 4.60 Å². The van der Waals surface area contributed by atoms with Gasteiger partial charge in [-0.05, 0) is 180 Å². The number of nitrogens with zero attached hydrogens (tertiary/aromatic N) is 7. The molecule has 3 N–H and O–H groups in total. The maximum Gasteiger partial charge on any atom is 0.522 e. The Kier molecular flexibility index (Phi) is 26.8. The number of hydrogen-bond donors (Lipinski definition) is 3. The molecule has 1 saturated heterocycles. The summed E-state index contributed by atoms with van der Waals surface area (Å²) >= 11 is 3.26. The SMILES string of the molecule is C.C.CC1(C)OB(c2ccc3c(c2)c2cccc4c5ccccc5n3c42)OC1(C)C.CO.CO.O=S(=O)(O)C(F)(F)F.[2H]C(C)(C)c1ccnc(-c2ccc3c(c2)c2cccc4c5ccccc5n3c42)c1.[2H]C(C)(C)c1ccnc(-c2ccc3c(c2)c2cccc4c5ccccc5n3c42)c1.[2H]C(C)(C)c1ccnc(Br)c1.[Ir].[c-]1ccccc1-c1ccccn1. The number of aromatic nitrogens is 7. The molecule has 11 heterocycles. The molecule has 0 amide bonds. The zero-order valence-corrected chi connectivity index (χ0v) is 72.4. The van der Waals surface area contributed by atoms with Gasteiger partial charge in [-0.25, -0.2) is 4.98 Å². The van der Waals surface area contributed by atoms with Gasteiger partial charge in [-0.3, -0.25) is 14.5 Å². The van der Waals surface area contributed by atoms with Gasteiger partial charge in [0.2, 0.25) is 0 Å². The molecule has 0 unspecified atom stereocenters. The van der Waals surface area contributed by atoms with Gasteiger partial charge in [0, 0.05) is 139 Å². The van der Waals surface area contributed by atoms with E-state index in [-0.39, 0.29) is 53.3 Å². The molecular formula is C100H97BBrF3IrN7O7S-. The number of hydrogen-bond acceptors (Lipinski definition) is 10. The third-order valence-corrected chi connectivity index (χ3v) is 22.7. The fourth-order valence-electron chi connectivity index (χ4n) is 15.3. The Morgan fingerprint density at radius 2 is 0.744 bits per heavy atom. The van der Waals surface area contributed by atoms with Crippen molar-refractivity contribution in [1.29, 1.82) is 0 Å². The molecule has 621 valence electrons. The first-order chi connectivity index (χ1) is 57.6. The third-order valence-electron chi connectivity index (χ3n) is 21.7. The van der Waals surface area contributed by atoms with Gasteiger partial charge in [-0.2, -0.15) is 21.6 Å². The van der Waals surface area contributed by atoms with Gasteiger partial charge in [0.25, 0.3) is 0 Å². The molecule has 0 spiro atoms. The summed E-state index contributed by atoms with van der Waals surface area (Å²) in [5, 5.41) is 29.4. The largest absolute Gasteiger partial charge is 0.522 e. The van der Waals surface area contributed by atoms with Crippen molar-refractivity contribution >= 4 is 153 Å². The summed E-state index contributed by atoms with van der Waals surface area (Å²) in [6.07, 6.45) is 7.11. The van der Waals surface area contributed by atoms with Crippen molar-refractivity contribution in [2.75, 3.05) is 14.2 Å². The molecule has 14 nitrogen and oxygen atoms in total. The fraction of sp³-hybridized carbons (Fsp3) is 0.200. The number of fused-ring (bicyclic) bond motifs is 18. The van der Waals surface area contributed by atoms with Crippen molar-refractivity contribution in [2.45, 2.75) is 118 Å². The second kappa shape index (κ2) is 37.5. The van der Waals surface area contributed by atoms with Crippen molar-refractivity contribution in [3.63, 3.8) is 0 Å². The summed E-state index contributed by atoms with van der Waals surface area (Å²) in [4.78, 5) is 17.4. The Balaban J connectivity index is 0.000000151. The minimum absolute atomic E-state index is 0. The van der Waals surface area contributed by atoms with Gasteiger partial charge < -0.3 is 37.7 Å². The minimum atomic E-state index is -5.84. The van der Waals surface area contributed by atoms with E-state index in [0.29, 0.717) is 0 Å². The topological polar surface area (TPSA) is 178 Å². The number of alkyl halides is 3. The molecule has 1 radical (unpaired) electrons. The second-order valence-electron chi connectivity index (χ2n) is 30.1. The Bertz CT molecular complexity index is 6960. The average molecular weight is 1880 g/mol. The van der Waals surface area contributed by atoms with E-state index in [2.05, 4.69) is 265 Å². The first-order valence-corrected chi connectivity index (χ1v) is 40.6. The summed E-state index contributed by atoms with van der Waals surface area (Å²) in [5.41, 5.74) is 15.1. The van der Waals surface area contributed by atoms with Crippen LogP contribution in [-0.4, -0.2) is 94.4 Å². The van der Waals surface area contributed by atoms with Gasteiger partial charge in [0.05, 0.1) is 72.2 Å². The van der Waals surface area contributed by atoms with Gasteiger partial charge in [-0.1, -0.05) is 202 Å². The summed E-state index contributed by atoms with van der Waals surface area (Å²) < 4.78 is 102. The van der Waals surface area contributed by atoms with Crippen molar-refractivity contribution in [3.8, 4) is 33.8 Å². The standard InChI is InChI=1S/2C26H20N2.C24H22BNO2.C11H8N.C8H10BrN.CHF3O3S.2CH4O.2CH4.Ir/c2*1-16(2)17-12-13-27-23(15-17)18-10-11-25-22(14-18)21-8-5-7-20-19-6-3-4-9-24(19)28(25)26(20)21;1-23(2)24(3,4)28-25(27-23)15-12-13-21-19(14-15)18-10-7-9-17-16-8-5-6-11-20(16)26(21)22(17)18;1-2-6-10(7-3-1)11-8-4-5-9-12-11;1-6(2)7-3-4-10-8(9)5-7;2-1(3,4)8(5,6)7;2*1-2;;;/h2*3-16H,1-2H3;5-14H,1-4H3;1-6,8-9H;3-6H,1-2H3;(H,5,6,7);2*2H,1H3;2*1H4;/q;;;-1;;;;;;;/i2*16D;;;6D;;;;;;. The van der Waals surface area contributed by atoms with Crippen LogP contribution in [0.2, 0.25) is 0 Å². The molecule has 1 aliphatic heterocycles. The van der Waals surface area contributed by atoms with Crippen LogP contribution in [-0.2, 0) is 39.5 Å². The first kappa shape index (κ1) is 86.3. The Morgan fingerprint density at radius 3 is 1.10 bits per heavy atom. The maximum atomic E-state index is 10.7. The smallest absolute Gasteiger partial charge is 0.400 e. The predicted molar refractivity (Wildman–Crippen MR) is 496 cm³/mol. The van der Waals surface area contributed by atoms with Gasteiger partial charge in [0.15, 0.2) is 0 Å². The van der Waals surface area contributed by atoms with E-state index >= 15 is 0 Å². The summed E-state index contributed by atoms with van der Waals surface area (Å²) in [6, 6.07) is 93.9. The Hall–Kier alpha value is -11.1. The van der Waals surface area contributed by atoms with Gasteiger partial charge >= 0.3 is 22.7 Å². The fourth-order valence-corrected chi connectivity index (χ4v) is 15.7. The van der Waals surface area contributed by atoms with E-state index in [4.69, 9.17) is 36.6 Å². The Morgan fingerprint density at radius 1 is 0.413 bits per heavy atom. The van der Waals surface area contributed by atoms with Crippen LogP contribution in [0.1, 0.15) is 123 Å². The Labute approximate surface area is 730 Å². The normalized spacial score (nSPS) is 13.5. The van der Waals surface area contributed by atoms with Crippen LogP contribution < -0.4 is 5.46 Å². The molecule has 10 aromatic carbocycles. The van der Waals surface area contributed by atoms with E-state index in [9.17, 15) is 13.2 Å². The van der Waals surface area contributed by atoms with Crippen molar-refractivity contribution in [3.05, 3.63) is 313 Å². The second-order valence-corrected chi connectivity index (χ2v) is 32.4. The van der Waals surface area contributed by atoms with Crippen LogP contribution in [0.15, 0.2) is 290 Å². The molecule has 0 aliphatic carbocycles. The number of aliphatic hydroxyl groups is 2. The monoisotopic (exact) mass is 1880 g/mol. The van der Waals surface area contributed by atoms with E-state index in [1.807, 2.05) is 133 Å². The number of para-hydroxylation sites is 6. The number of halogens is 4. The molecule has 121 heavy (non-hydrogen) atoms. The predicted octanol–water partition coefficient (Wildman–Crippen LogP) is 25.6. The molecular weight excluding hydrogens is 1780 g/mol. The molecule has 0 bridgehead atoms. The molecule has 1 fully saturated rings. The zero-order chi connectivity index (χ0) is 86.5. The number of benzene rings is 10. The molecule has 10 aromatic heterocycles. The van der Waals surface area contributed by atoms with Crippen LogP contribution in [0.5, 0.6) is 0 Å². The molecule has 21 heteroatoms. The maximum absolute atomic E-state index is 10.7. The van der Waals surface area contributed by atoms with Crippen LogP contribution in [0.4, 0.5) is 13.2 Å².